The molecule has 0 heterocycles. The van der Waals surface area contributed by atoms with Crippen molar-refractivity contribution in [2.24, 2.45) is 5.41 Å². The van der Waals surface area contributed by atoms with Crippen LogP contribution in [0.3, 0.4) is 0 Å². The SMILES string of the molecule is CC(C)(C)C(=O)NNC(=O)Cc1ccc(Cl)cc1. The Morgan fingerprint density at radius 2 is 1.67 bits per heavy atom. The van der Waals surface area contributed by atoms with Crippen LogP contribution in [-0.4, -0.2) is 11.8 Å². The van der Waals surface area contributed by atoms with Crippen LogP contribution < -0.4 is 10.9 Å². The van der Waals surface area contributed by atoms with Gasteiger partial charge in [-0.3, -0.25) is 20.4 Å². The molecule has 18 heavy (non-hydrogen) atoms. The highest BCUT2D eigenvalue weighted by Crippen LogP contribution is 2.12. The van der Waals surface area contributed by atoms with Crippen LogP contribution in [0.4, 0.5) is 0 Å². The Morgan fingerprint density at radius 1 is 1.11 bits per heavy atom. The normalized spacial score (nSPS) is 10.9. The fraction of sp³-hybridized carbons (Fsp3) is 0.385. The topological polar surface area (TPSA) is 58.2 Å². The summed E-state index contributed by atoms with van der Waals surface area (Å²) in [7, 11) is 0. The van der Waals surface area contributed by atoms with Gasteiger partial charge >= 0.3 is 0 Å². The minimum absolute atomic E-state index is 0.196. The Bertz CT molecular complexity index is 435. The van der Waals surface area contributed by atoms with Crippen LogP contribution in [0.1, 0.15) is 26.3 Å². The van der Waals surface area contributed by atoms with Crippen LogP contribution in [-0.2, 0) is 16.0 Å². The van der Waals surface area contributed by atoms with Crippen molar-refractivity contribution in [3.63, 3.8) is 0 Å². The maximum atomic E-state index is 11.6. The molecule has 0 unspecified atom stereocenters. The lowest BCUT2D eigenvalue weighted by molar-refractivity contribution is -0.133. The highest BCUT2D eigenvalue weighted by Gasteiger charge is 2.21. The van der Waals surface area contributed by atoms with Crippen molar-refractivity contribution in [3.05, 3.63) is 34.9 Å². The van der Waals surface area contributed by atoms with Crippen molar-refractivity contribution in [3.8, 4) is 0 Å². The number of amides is 2. The van der Waals surface area contributed by atoms with Gasteiger partial charge in [-0.25, -0.2) is 0 Å². The first-order valence-corrected chi connectivity index (χ1v) is 6.00. The van der Waals surface area contributed by atoms with Gasteiger partial charge in [-0.2, -0.15) is 0 Å². The van der Waals surface area contributed by atoms with Gasteiger partial charge in [0.2, 0.25) is 11.8 Å². The Kier molecular flexibility index (Phi) is 4.73. The first-order chi connectivity index (χ1) is 8.29. The summed E-state index contributed by atoms with van der Waals surface area (Å²) in [5.74, 6) is -0.498. The summed E-state index contributed by atoms with van der Waals surface area (Å²) in [6.45, 7) is 5.31. The van der Waals surface area contributed by atoms with Crippen molar-refractivity contribution in [1.82, 2.24) is 10.9 Å². The third-order valence-electron chi connectivity index (χ3n) is 2.27. The van der Waals surface area contributed by atoms with E-state index in [0.29, 0.717) is 5.02 Å². The van der Waals surface area contributed by atoms with Gasteiger partial charge in [-0.05, 0) is 17.7 Å². The van der Waals surface area contributed by atoms with Gasteiger partial charge in [0.05, 0.1) is 6.42 Å². The Morgan fingerprint density at radius 3 is 2.17 bits per heavy atom. The standard InChI is InChI=1S/C13H17ClN2O2/c1-13(2,3)12(18)16-15-11(17)8-9-4-6-10(14)7-5-9/h4-7H,8H2,1-3H3,(H,15,17)(H,16,18). The molecule has 2 amide bonds. The molecule has 98 valence electrons. The largest absolute Gasteiger partial charge is 0.273 e. The molecule has 0 radical (unpaired) electrons. The zero-order valence-electron chi connectivity index (χ0n) is 10.7. The monoisotopic (exact) mass is 268 g/mol. The molecule has 5 heteroatoms. The minimum atomic E-state index is -0.534. The summed E-state index contributed by atoms with van der Waals surface area (Å²) in [6, 6.07) is 6.98. The quantitative estimate of drug-likeness (QED) is 0.807. The van der Waals surface area contributed by atoms with Gasteiger partial charge in [0.1, 0.15) is 0 Å². The van der Waals surface area contributed by atoms with Crippen molar-refractivity contribution in [2.75, 3.05) is 0 Å². The molecule has 0 aliphatic carbocycles. The van der Waals surface area contributed by atoms with E-state index in [1.807, 2.05) is 0 Å². The van der Waals surface area contributed by atoms with Crippen molar-refractivity contribution in [2.45, 2.75) is 27.2 Å². The van der Waals surface area contributed by atoms with Gasteiger partial charge in [0.15, 0.2) is 0 Å². The van der Waals surface area contributed by atoms with Crippen LogP contribution in [0.25, 0.3) is 0 Å². The zero-order chi connectivity index (χ0) is 13.8. The van der Waals surface area contributed by atoms with Crippen LogP contribution in [0.2, 0.25) is 5.02 Å². The second-order valence-electron chi connectivity index (χ2n) is 5.06. The number of hydrogen-bond acceptors (Lipinski definition) is 2. The molecule has 1 rings (SSSR count). The second-order valence-corrected chi connectivity index (χ2v) is 5.49. The Balaban J connectivity index is 2.43. The van der Waals surface area contributed by atoms with Gasteiger partial charge in [0.25, 0.3) is 0 Å². The zero-order valence-corrected chi connectivity index (χ0v) is 11.5. The third-order valence-corrected chi connectivity index (χ3v) is 2.53. The predicted molar refractivity (Wildman–Crippen MR) is 70.9 cm³/mol. The smallest absolute Gasteiger partial charge is 0.243 e. The molecule has 0 atom stereocenters. The van der Waals surface area contributed by atoms with E-state index in [2.05, 4.69) is 10.9 Å². The molecule has 0 spiro atoms. The fourth-order valence-electron chi connectivity index (χ4n) is 1.15. The fourth-order valence-corrected chi connectivity index (χ4v) is 1.27. The molecule has 0 saturated carbocycles. The third kappa shape index (κ3) is 4.75. The van der Waals surface area contributed by atoms with E-state index in [1.54, 1.807) is 45.0 Å². The first-order valence-electron chi connectivity index (χ1n) is 5.63. The lowest BCUT2D eigenvalue weighted by Crippen LogP contribution is -2.47. The highest BCUT2D eigenvalue weighted by molar-refractivity contribution is 6.30. The summed E-state index contributed by atoms with van der Waals surface area (Å²) < 4.78 is 0. The Hall–Kier alpha value is -1.55. The second kappa shape index (κ2) is 5.87. The first kappa shape index (κ1) is 14.5. The summed E-state index contributed by atoms with van der Waals surface area (Å²) >= 11 is 5.74. The highest BCUT2D eigenvalue weighted by atomic mass is 35.5. The predicted octanol–water partition coefficient (Wildman–Crippen LogP) is 2.08. The molecule has 0 aromatic heterocycles. The van der Waals surface area contributed by atoms with Crippen molar-refractivity contribution in [1.29, 1.82) is 0 Å². The number of rotatable bonds is 2. The molecule has 0 aliphatic rings. The van der Waals surface area contributed by atoms with Crippen LogP contribution >= 0.6 is 11.6 Å². The van der Waals surface area contributed by atoms with E-state index in [-0.39, 0.29) is 18.2 Å². The molecule has 0 bridgehead atoms. The summed E-state index contributed by atoms with van der Waals surface area (Å²) in [6.07, 6.45) is 0.196. The van der Waals surface area contributed by atoms with E-state index in [4.69, 9.17) is 11.6 Å². The lowest BCUT2D eigenvalue weighted by Gasteiger charge is -2.17. The molecule has 2 N–H and O–H groups in total. The average molecular weight is 269 g/mol. The number of nitrogens with one attached hydrogen (secondary N) is 2. The number of halogens is 1. The Labute approximate surface area is 112 Å². The molecule has 0 aliphatic heterocycles. The van der Waals surface area contributed by atoms with E-state index >= 15 is 0 Å². The van der Waals surface area contributed by atoms with E-state index in [9.17, 15) is 9.59 Å². The van der Waals surface area contributed by atoms with Gasteiger partial charge < -0.3 is 0 Å². The number of hydrazine groups is 1. The molecule has 0 saturated heterocycles. The van der Waals surface area contributed by atoms with Crippen molar-refractivity contribution < 1.29 is 9.59 Å². The maximum absolute atomic E-state index is 11.6. The maximum Gasteiger partial charge on any atom is 0.243 e. The van der Waals surface area contributed by atoms with E-state index < -0.39 is 5.41 Å². The summed E-state index contributed by atoms with van der Waals surface area (Å²) in [5, 5.41) is 0.625. The number of hydrogen-bond donors (Lipinski definition) is 2. The molecule has 0 fully saturated rings. The van der Waals surface area contributed by atoms with Crippen LogP contribution in [0.5, 0.6) is 0 Å². The molecular weight excluding hydrogens is 252 g/mol. The number of benzene rings is 1. The minimum Gasteiger partial charge on any atom is -0.273 e. The van der Waals surface area contributed by atoms with Crippen LogP contribution in [0.15, 0.2) is 24.3 Å². The van der Waals surface area contributed by atoms with E-state index in [1.165, 1.54) is 0 Å². The number of carbonyl (C=O) groups is 2. The summed E-state index contributed by atoms with van der Waals surface area (Å²) in [4.78, 5) is 23.1. The van der Waals surface area contributed by atoms with Crippen LogP contribution in [0, 0.1) is 5.41 Å². The molecule has 4 nitrogen and oxygen atoms in total. The molecule has 1 aromatic carbocycles. The molecule has 1 aromatic rings. The number of carbonyl (C=O) groups excluding carboxylic acids is 2. The molecular formula is C13H17ClN2O2. The summed E-state index contributed by atoms with van der Waals surface area (Å²) in [5.41, 5.74) is 5.07. The van der Waals surface area contributed by atoms with Gasteiger partial charge in [0, 0.05) is 10.4 Å². The van der Waals surface area contributed by atoms with Gasteiger partial charge in [-0.15, -0.1) is 0 Å². The van der Waals surface area contributed by atoms with E-state index in [0.717, 1.165) is 5.56 Å². The average Bonchev–Trinajstić information content (AvgIpc) is 2.28. The van der Waals surface area contributed by atoms with Gasteiger partial charge in [-0.1, -0.05) is 44.5 Å². The lowest BCUT2D eigenvalue weighted by atomic mass is 9.96. The van der Waals surface area contributed by atoms with Crippen molar-refractivity contribution >= 4 is 23.4 Å².